The number of morpholine rings is 1. The molecule has 1 unspecified atom stereocenters. The Morgan fingerprint density at radius 1 is 1.05 bits per heavy atom. The quantitative estimate of drug-likeness (QED) is 0.330. The first-order valence-corrected chi connectivity index (χ1v) is 14.1. The number of carbonyl (C=O) groups is 1. The van der Waals surface area contributed by atoms with Gasteiger partial charge < -0.3 is 14.8 Å². The van der Waals surface area contributed by atoms with Crippen LogP contribution in [0.2, 0.25) is 0 Å². The molecule has 7 rings (SSSR count). The summed E-state index contributed by atoms with van der Waals surface area (Å²) in [5, 5.41) is 11.9. The predicted octanol–water partition coefficient (Wildman–Crippen LogP) is 5.73. The van der Waals surface area contributed by atoms with Crippen molar-refractivity contribution in [3.05, 3.63) is 88.6 Å². The van der Waals surface area contributed by atoms with Crippen molar-refractivity contribution in [2.45, 2.75) is 50.4 Å². The average molecular weight is 535 g/mol. The molecular formula is C33H34N4O3. The fraction of sp³-hybridized carbons (Fsp3) is 0.333. The smallest absolute Gasteiger partial charge is 0.235 e. The first-order valence-electron chi connectivity index (χ1n) is 14.1. The van der Waals surface area contributed by atoms with Crippen LogP contribution < -0.4 is 10.1 Å². The molecule has 1 aromatic heterocycles. The summed E-state index contributed by atoms with van der Waals surface area (Å²) in [5.41, 5.74) is 6.90. The summed E-state index contributed by atoms with van der Waals surface area (Å²) < 4.78 is 11.3. The standard InChI is InChI=1S/C33H34N4O3/c1-20-17-37(18-21(2)40-20)19-23-6-4-22(5-7-23)8-12-29-26-11-9-24(14-31(26)36-35-29)28-16-33(28)27-15-25(39-3)10-13-30(27)34-32(33)38/h4-15,20-21,28H,16-19H2,1-3H3,(H,34,38)(H,35,36)/b12-8+/t20-,21?,28+,33+/m1/s1. The zero-order valence-corrected chi connectivity index (χ0v) is 23.1. The number of fused-ring (bicyclic) bond motifs is 3. The molecule has 2 N–H and O–H groups in total. The lowest BCUT2D eigenvalue weighted by Gasteiger charge is -2.35. The number of nitrogens with one attached hydrogen (secondary N) is 2. The lowest BCUT2D eigenvalue weighted by atomic mass is 9.91. The van der Waals surface area contributed by atoms with Crippen LogP contribution in [0.5, 0.6) is 5.75 Å². The minimum atomic E-state index is -0.509. The second-order valence-electron chi connectivity index (χ2n) is 11.5. The van der Waals surface area contributed by atoms with Gasteiger partial charge in [0.25, 0.3) is 0 Å². The fourth-order valence-corrected chi connectivity index (χ4v) is 6.68. The van der Waals surface area contributed by atoms with Gasteiger partial charge in [0, 0.05) is 36.6 Å². The number of amides is 1. The van der Waals surface area contributed by atoms with E-state index in [1.54, 1.807) is 7.11 Å². The number of ether oxygens (including phenoxy) is 2. The molecule has 2 aliphatic heterocycles. The fourth-order valence-electron chi connectivity index (χ4n) is 6.68. The Balaban J connectivity index is 1.06. The van der Waals surface area contributed by atoms with Gasteiger partial charge >= 0.3 is 0 Å². The van der Waals surface area contributed by atoms with Crippen LogP contribution in [0.4, 0.5) is 5.69 Å². The normalized spacial score (nSPS) is 26.0. The van der Waals surface area contributed by atoms with Crippen molar-refractivity contribution < 1.29 is 14.3 Å². The Morgan fingerprint density at radius 2 is 1.85 bits per heavy atom. The van der Waals surface area contributed by atoms with E-state index in [1.807, 2.05) is 18.2 Å². The number of methoxy groups -OCH3 is 1. The highest BCUT2D eigenvalue weighted by molar-refractivity contribution is 6.10. The van der Waals surface area contributed by atoms with Gasteiger partial charge in [-0.05, 0) is 72.9 Å². The van der Waals surface area contributed by atoms with Gasteiger partial charge in [0.15, 0.2) is 0 Å². The molecule has 2 fully saturated rings. The van der Waals surface area contributed by atoms with Gasteiger partial charge in [0.2, 0.25) is 5.91 Å². The Hall–Kier alpha value is -3.94. The van der Waals surface area contributed by atoms with Crippen LogP contribution in [-0.2, 0) is 21.5 Å². The third-order valence-electron chi connectivity index (χ3n) is 8.66. The number of hydrogen-bond donors (Lipinski definition) is 2. The van der Waals surface area contributed by atoms with Crippen LogP contribution in [0.25, 0.3) is 23.1 Å². The number of H-pyrrole nitrogens is 1. The first-order chi connectivity index (χ1) is 19.4. The van der Waals surface area contributed by atoms with E-state index < -0.39 is 5.41 Å². The van der Waals surface area contributed by atoms with Crippen LogP contribution in [0.15, 0.2) is 60.7 Å². The highest BCUT2D eigenvalue weighted by Crippen LogP contribution is 2.65. The van der Waals surface area contributed by atoms with Gasteiger partial charge in [-0.3, -0.25) is 14.8 Å². The van der Waals surface area contributed by atoms with Crippen LogP contribution in [0.1, 0.15) is 54.1 Å². The number of aromatic amines is 1. The highest BCUT2D eigenvalue weighted by atomic mass is 16.5. The van der Waals surface area contributed by atoms with Crippen molar-refractivity contribution in [3.8, 4) is 5.75 Å². The summed E-state index contributed by atoms with van der Waals surface area (Å²) in [4.78, 5) is 15.5. The maximum atomic E-state index is 13.0. The third kappa shape index (κ3) is 4.30. The second kappa shape index (κ2) is 9.61. The van der Waals surface area contributed by atoms with E-state index >= 15 is 0 Å². The molecule has 7 heteroatoms. The number of aromatic nitrogens is 2. The largest absolute Gasteiger partial charge is 0.497 e. The number of benzene rings is 3. The van der Waals surface area contributed by atoms with Gasteiger partial charge in [-0.15, -0.1) is 0 Å². The molecule has 3 aliphatic rings. The summed E-state index contributed by atoms with van der Waals surface area (Å²) in [7, 11) is 1.66. The van der Waals surface area contributed by atoms with E-state index in [0.717, 1.165) is 70.8 Å². The lowest BCUT2D eigenvalue weighted by Crippen LogP contribution is -2.44. The van der Waals surface area contributed by atoms with Gasteiger partial charge in [-0.1, -0.05) is 42.5 Å². The molecule has 1 saturated heterocycles. The topological polar surface area (TPSA) is 79.5 Å². The monoisotopic (exact) mass is 534 g/mol. The van der Waals surface area contributed by atoms with Gasteiger partial charge in [-0.2, -0.15) is 5.10 Å². The Morgan fingerprint density at radius 3 is 2.62 bits per heavy atom. The summed E-state index contributed by atoms with van der Waals surface area (Å²) in [6.45, 7) is 7.16. The van der Waals surface area contributed by atoms with Crippen molar-refractivity contribution in [2.24, 2.45) is 0 Å². The molecule has 1 spiro atoms. The van der Waals surface area contributed by atoms with Crippen LogP contribution in [0.3, 0.4) is 0 Å². The minimum absolute atomic E-state index is 0.0779. The average Bonchev–Trinajstić information content (AvgIpc) is 3.48. The van der Waals surface area contributed by atoms with Crippen LogP contribution in [-0.4, -0.2) is 53.4 Å². The Bertz CT molecular complexity index is 1610. The molecule has 3 heterocycles. The van der Waals surface area contributed by atoms with E-state index in [2.05, 4.69) is 88.9 Å². The van der Waals surface area contributed by atoms with E-state index in [9.17, 15) is 4.79 Å². The molecule has 204 valence electrons. The molecule has 7 nitrogen and oxygen atoms in total. The van der Waals surface area contributed by atoms with Gasteiger partial charge in [0.05, 0.1) is 35.9 Å². The summed E-state index contributed by atoms with van der Waals surface area (Å²) >= 11 is 0. The second-order valence-corrected chi connectivity index (χ2v) is 11.5. The molecule has 1 amide bonds. The van der Waals surface area contributed by atoms with Crippen molar-refractivity contribution in [1.82, 2.24) is 15.1 Å². The molecule has 4 aromatic rings. The Kier molecular flexibility index (Phi) is 6.02. The maximum Gasteiger partial charge on any atom is 0.235 e. The molecule has 3 aromatic carbocycles. The maximum absolute atomic E-state index is 13.0. The van der Waals surface area contributed by atoms with E-state index in [-0.39, 0.29) is 24.0 Å². The number of nitrogens with zero attached hydrogens (tertiary/aromatic N) is 2. The summed E-state index contributed by atoms with van der Waals surface area (Å²) in [6.07, 6.45) is 5.52. The van der Waals surface area contributed by atoms with Crippen LogP contribution >= 0.6 is 0 Å². The van der Waals surface area contributed by atoms with Crippen molar-refractivity contribution in [2.75, 3.05) is 25.5 Å². The molecule has 0 radical (unpaired) electrons. The van der Waals surface area contributed by atoms with Gasteiger partial charge in [0.1, 0.15) is 5.75 Å². The van der Waals surface area contributed by atoms with Gasteiger partial charge in [-0.25, -0.2) is 0 Å². The molecular weight excluding hydrogens is 500 g/mol. The lowest BCUT2D eigenvalue weighted by molar-refractivity contribution is -0.118. The molecule has 1 saturated carbocycles. The third-order valence-corrected chi connectivity index (χ3v) is 8.66. The summed E-state index contributed by atoms with van der Waals surface area (Å²) in [5.74, 6) is 0.987. The zero-order valence-electron chi connectivity index (χ0n) is 23.1. The van der Waals surface area contributed by atoms with E-state index in [1.165, 1.54) is 5.56 Å². The molecule has 0 bridgehead atoms. The number of rotatable bonds is 6. The van der Waals surface area contributed by atoms with E-state index in [0.29, 0.717) is 0 Å². The number of anilines is 1. The van der Waals surface area contributed by atoms with Crippen LogP contribution in [0, 0.1) is 0 Å². The van der Waals surface area contributed by atoms with E-state index in [4.69, 9.17) is 9.47 Å². The van der Waals surface area contributed by atoms with Crippen molar-refractivity contribution in [1.29, 1.82) is 0 Å². The Labute approximate surface area is 234 Å². The summed E-state index contributed by atoms with van der Waals surface area (Å²) in [6, 6.07) is 21.0. The number of carbonyl (C=O) groups excluding carboxylic acids is 1. The highest BCUT2D eigenvalue weighted by Gasteiger charge is 2.65. The minimum Gasteiger partial charge on any atom is -0.497 e. The number of hydrogen-bond acceptors (Lipinski definition) is 5. The van der Waals surface area contributed by atoms with Crippen molar-refractivity contribution >= 4 is 34.6 Å². The zero-order chi connectivity index (χ0) is 27.4. The first kappa shape index (κ1) is 25.1. The predicted molar refractivity (Wildman–Crippen MR) is 157 cm³/mol. The molecule has 40 heavy (non-hydrogen) atoms. The van der Waals surface area contributed by atoms with Crippen molar-refractivity contribution in [3.63, 3.8) is 0 Å². The SMILES string of the molecule is COc1ccc2c(c1)[C@]1(C[C@H]1c1ccc3c(/C=C/c4ccc(CN5CC(C)O[C@H](C)C5)cc4)n[nH]c3c1)C(=O)N2. The molecule has 4 atom stereocenters. The molecule has 1 aliphatic carbocycles.